The molecular weight excluding hydrogens is 410 g/mol. The lowest BCUT2D eigenvalue weighted by Gasteiger charge is -2.16. The molecule has 0 saturated carbocycles. The molecule has 1 aromatic heterocycles. The molecule has 1 aromatic carbocycles. The Balaban J connectivity index is 2.28. The minimum atomic E-state index is -3.61. The minimum Gasteiger partial charge on any atom is -0.321 e. The fourth-order valence-electron chi connectivity index (χ4n) is 2.35. The van der Waals surface area contributed by atoms with E-state index in [1.54, 1.807) is 26.0 Å². The van der Waals surface area contributed by atoms with Gasteiger partial charge >= 0.3 is 0 Å². The molecule has 2 aromatic rings. The molecule has 0 aliphatic carbocycles. The number of thiophene rings is 1. The summed E-state index contributed by atoms with van der Waals surface area (Å²) in [5.74, 6) is -0.491. The van der Waals surface area contributed by atoms with Gasteiger partial charge in [0, 0.05) is 25.2 Å². The summed E-state index contributed by atoms with van der Waals surface area (Å²) in [6.45, 7) is 9.02. The highest BCUT2D eigenvalue weighted by molar-refractivity contribution is 7.89. The highest BCUT2D eigenvalue weighted by Gasteiger charge is 2.24. The first-order chi connectivity index (χ1) is 13.2. The number of amides is 2. The summed E-state index contributed by atoms with van der Waals surface area (Å²) in [4.78, 5) is 25.5. The number of rotatable bonds is 5. The van der Waals surface area contributed by atoms with Crippen molar-refractivity contribution in [2.75, 3.05) is 24.7 Å². The lowest BCUT2D eigenvalue weighted by molar-refractivity contribution is -0.123. The lowest BCUT2D eigenvalue weighted by Crippen LogP contribution is -2.27. The maximum atomic E-state index is 12.8. The average Bonchev–Trinajstić information content (AvgIpc) is 2.96. The van der Waals surface area contributed by atoms with E-state index in [1.807, 2.05) is 20.8 Å². The minimum absolute atomic E-state index is 0.101. The van der Waals surface area contributed by atoms with E-state index in [0.717, 1.165) is 15.4 Å². The van der Waals surface area contributed by atoms with Gasteiger partial charge in [-0.25, -0.2) is 12.7 Å². The molecule has 0 atom stereocenters. The van der Waals surface area contributed by atoms with Crippen molar-refractivity contribution in [3.05, 3.63) is 40.3 Å². The number of nitrogens with zero attached hydrogens (tertiary/aromatic N) is 1. The Kier molecular flexibility index (Phi) is 6.56. The molecule has 158 valence electrons. The fraction of sp³-hybridized carbons (Fsp3) is 0.400. The van der Waals surface area contributed by atoms with Crippen molar-refractivity contribution in [3.8, 4) is 0 Å². The Morgan fingerprint density at radius 3 is 2.17 bits per heavy atom. The third-order valence-electron chi connectivity index (χ3n) is 4.28. The average molecular weight is 438 g/mol. The highest BCUT2D eigenvalue weighted by atomic mass is 32.2. The van der Waals surface area contributed by atoms with Crippen LogP contribution in [-0.2, 0) is 14.8 Å². The Morgan fingerprint density at radius 2 is 1.62 bits per heavy atom. The van der Waals surface area contributed by atoms with Crippen LogP contribution in [-0.4, -0.2) is 38.6 Å². The van der Waals surface area contributed by atoms with Crippen LogP contribution in [0.1, 0.15) is 41.6 Å². The van der Waals surface area contributed by atoms with E-state index in [-0.39, 0.29) is 16.7 Å². The Labute approximate surface area is 176 Å². The Morgan fingerprint density at radius 1 is 1.00 bits per heavy atom. The quantitative estimate of drug-likeness (QED) is 0.743. The zero-order chi connectivity index (χ0) is 22.1. The molecule has 9 heteroatoms. The molecule has 2 rings (SSSR count). The van der Waals surface area contributed by atoms with E-state index >= 15 is 0 Å². The lowest BCUT2D eigenvalue weighted by atomic mass is 9.96. The summed E-state index contributed by atoms with van der Waals surface area (Å²) in [5, 5.41) is 6.21. The molecular formula is C20H27N3O4S2. The van der Waals surface area contributed by atoms with Crippen LogP contribution >= 0.6 is 11.3 Å². The van der Waals surface area contributed by atoms with Gasteiger partial charge in [0.15, 0.2) is 0 Å². The summed E-state index contributed by atoms with van der Waals surface area (Å²) in [6.07, 6.45) is 0. The zero-order valence-electron chi connectivity index (χ0n) is 17.7. The molecule has 0 fully saturated rings. The second-order valence-electron chi connectivity index (χ2n) is 8.05. The van der Waals surface area contributed by atoms with Gasteiger partial charge in [-0.05, 0) is 43.2 Å². The number of carbonyl (C=O) groups excluding carboxylic acids is 2. The molecule has 0 aliphatic rings. The van der Waals surface area contributed by atoms with E-state index in [4.69, 9.17) is 0 Å². The molecule has 0 bridgehead atoms. The van der Waals surface area contributed by atoms with Crippen molar-refractivity contribution >= 4 is 43.9 Å². The fourth-order valence-corrected chi connectivity index (χ4v) is 4.25. The van der Waals surface area contributed by atoms with Gasteiger partial charge < -0.3 is 10.6 Å². The van der Waals surface area contributed by atoms with Crippen LogP contribution in [0.4, 0.5) is 10.7 Å². The molecule has 7 nitrogen and oxygen atoms in total. The third kappa shape index (κ3) is 5.23. The summed E-state index contributed by atoms with van der Waals surface area (Å²) in [5.41, 5.74) is 1.35. The van der Waals surface area contributed by atoms with Crippen molar-refractivity contribution in [2.45, 2.75) is 39.5 Å². The van der Waals surface area contributed by atoms with E-state index in [2.05, 4.69) is 10.6 Å². The van der Waals surface area contributed by atoms with Gasteiger partial charge in [0.05, 0.1) is 14.8 Å². The summed E-state index contributed by atoms with van der Waals surface area (Å²) >= 11 is 1.18. The monoisotopic (exact) mass is 437 g/mol. The maximum absolute atomic E-state index is 12.8. The van der Waals surface area contributed by atoms with Crippen LogP contribution in [0.5, 0.6) is 0 Å². The van der Waals surface area contributed by atoms with E-state index in [9.17, 15) is 18.0 Å². The van der Waals surface area contributed by atoms with Gasteiger partial charge in [-0.3, -0.25) is 9.59 Å². The smallest absolute Gasteiger partial charge is 0.266 e. The predicted molar refractivity (Wildman–Crippen MR) is 117 cm³/mol. The molecule has 0 unspecified atom stereocenters. The largest absolute Gasteiger partial charge is 0.321 e. The van der Waals surface area contributed by atoms with Gasteiger partial charge in [-0.1, -0.05) is 26.8 Å². The molecule has 2 amide bonds. The van der Waals surface area contributed by atoms with Gasteiger partial charge in [0.1, 0.15) is 0 Å². The van der Waals surface area contributed by atoms with E-state index in [0.29, 0.717) is 15.6 Å². The van der Waals surface area contributed by atoms with Crippen molar-refractivity contribution in [1.29, 1.82) is 0 Å². The first-order valence-corrected chi connectivity index (χ1v) is 11.3. The molecule has 29 heavy (non-hydrogen) atoms. The van der Waals surface area contributed by atoms with E-state index in [1.165, 1.54) is 37.6 Å². The van der Waals surface area contributed by atoms with Crippen LogP contribution < -0.4 is 10.6 Å². The summed E-state index contributed by atoms with van der Waals surface area (Å²) in [6, 6.07) is 6.37. The highest BCUT2D eigenvalue weighted by Crippen LogP contribution is 2.30. The van der Waals surface area contributed by atoms with Crippen molar-refractivity contribution in [1.82, 2.24) is 4.31 Å². The second kappa shape index (κ2) is 8.25. The number of nitrogens with one attached hydrogen (secondary N) is 2. The Hall–Kier alpha value is -2.23. The first kappa shape index (κ1) is 23.1. The van der Waals surface area contributed by atoms with Gasteiger partial charge in [0.25, 0.3) is 5.91 Å². The van der Waals surface area contributed by atoms with Crippen LogP contribution in [0.2, 0.25) is 0 Å². The van der Waals surface area contributed by atoms with Gasteiger partial charge in [-0.2, -0.15) is 0 Å². The number of aryl methyl sites for hydroxylation is 2. The van der Waals surface area contributed by atoms with Crippen LogP contribution in [0.25, 0.3) is 0 Å². The number of hydrogen-bond donors (Lipinski definition) is 2. The summed E-state index contributed by atoms with van der Waals surface area (Å²) in [7, 11) is -0.703. The van der Waals surface area contributed by atoms with Crippen molar-refractivity contribution in [2.24, 2.45) is 5.41 Å². The molecule has 0 spiro atoms. The van der Waals surface area contributed by atoms with Crippen LogP contribution in [0, 0.1) is 19.3 Å². The van der Waals surface area contributed by atoms with Crippen LogP contribution in [0.3, 0.4) is 0 Å². The molecule has 2 N–H and O–H groups in total. The van der Waals surface area contributed by atoms with Crippen molar-refractivity contribution < 1.29 is 18.0 Å². The van der Waals surface area contributed by atoms with Crippen LogP contribution in [0.15, 0.2) is 29.2 Å². The molecule has 1 heterocycles. The third-order valence-corrected chi connectivity index (χ3v) is 7.24. The Bertz CT molecular complexity index is 1050. The van der Waals surface area contributed by atoms with Gasteiger partial charge in [0.2, 0.25) is 15.9 Å². The second-order valence-corrected chi connectivity index (χ2v) is 11.2. The first-order valence-electron chi connectivity index (χ1n) is 9.00. The number of carbonyl (C=O) groups is 2. The SMILES string of the molecule is Cc1ccc(S(=O)(=O)N(C)C)cc1NC(=O)c1sc(NC(=O)C(C)(C)C)cc1C. The molecule has 0 aliphatic heterocycles. The number of anilines is 2. The topological polar surface area (TPSA) is 95.6 Å². The molecule has 0 saturated heterocycles. The predicted octanol–water partition coefficient (Wildman–Crippen LogP) is 3.85. The normalized spacial score (nSPS) is 12.1. The van der Waals surface area contributed by atoms with Gasteiger partial charge in [-0.15, -0.1) is 11.3 Å². The maximum Gasteiger partial charge on any atom is 0.266 e. The van der Waals surface area contributed by atoms with E-state index < -0.39 is 15.4 Å². The standard InChI is InChI=1S/C20H27N3O4S2/c1-12-8-9-14(29(26,27)23(6)7)11-15(12)21-18(24)17-13(2)10-16(28-17)22-19(25)20(3,4)5/h8-11H,1-7H3,(H,21,24)(H,22,25). The molecule has 0 radical (unpaired) electrons. The summed E-state index contributed by atoms with van der Waals surface area (Å²) < 4.78 is 25.9. The zero-order valence-corrected chi connectivity index (χ0v) is 19.3. The number of hydrogen-bond acceptors (Lipinski definition) is 5. The number of benzene rings is 1. The number of sulfonamides is 1. The van der Waals surface area contributed by atoms with Crippen molar-refractivity contribution in [3.63, 3.8) is 0 Å².